The minimum Gasteiger partial charge on any atom is -0.372 e. The lowest BCUT2D eigenvalue weighted by Gasteiger charge is -2.45. The molecule has 1 saturated carbocycles. The molecule has 1 amide bonds. The van der Waals surface area contributed by atoms with Crippen molar-refractivity contribution in [3.05, 3.63) is 0 Å². The molecule has 2 aliphatic heterocycles. The normalized spacial score (nSPS) is 40.3. The number of carbonyl (C=O) groups excluding carboxylic acids is 1. The molecule has 3 aliphatic rings. The number of morpholine rings is 1. The highest BCUT2D eigenvalue weighted by atomic mass is 16.5. The van der Waals surface area contributed by atoms with Gasteiger partial charge in [-0.05, 0) is 51.5 Å². The van der Waals surface area contributed by atoms with Crippen molar-refractivity contribution in [2.75, 3.05) is 19.6 Å². The van der Waals surface area contributed by atoms with Gasteiger partial charge in [-0.2, -0.15) is 0 Å². The van der Waals surface area contributed by atoms with E-state index in [2.05, 4.69) is 17.1 Å². The van der Waals surface area contributed by atoms with E-state index >= 15 is 0 Å². The van der Waals surface area contributed by atoms with Crippen molar-refractivity contribution in [2.45, 2.75) is 75.7 Å². The Morgan fingerprint density at radius 3 is 2.67 bits per heavy atom. The summed E-state index contributed by atoms with van der Waals surface area (Å²) in [6.45, 7) is 5.05. The van der Waals surface area contributed by atoms with Crippen molar-refractivity contribution in [1.82, 2.24) is 10.2 Å². The van der Waals surface area contributed by atoms with E-state index in [-0.39, 0.29) is 5.91 Å². The van der Waals surface area contributed by atoms with Gasteiger partial charge in [-0.3, -0.25) is 9.69 Å². The SMILES string of the molecule is CCCNC1(C(N)=O)CCCC(N2CC3CCC(C2)O3)C1. The van der Waals surface area contributed by atoms with E-state index in [4.69, 9.17) is 10.5 Å². The standard InChI is InChI=1S/C16H29N3O2/c1-2-8-18-16(15(17)20)7-3-4-12(9-16)19-10-13-5-6-14(11-19)21-13/h12-14,18H,2-11H2,1H3,(H2,17,20). The van der Waals surface area contributed by atoms with Gasteiger partial charge < -0.3 is 15.8 Å². The van der Waals surface area contributed by atoms with Crippen LogP contribution in [0.1, 0.15) is 51.9 Å². The van der Waals surface area contributed by atoms with Crippen LogP contribution in [0.25, 0.3) is 0 Å². The second-order valence-corrected chi connectivity index (χ2v) is 7.03. The molecule has 5 nitrogen and oxygen atoms in total. The molecule has 120 valence electrons. The van der Waals surface area contributed by atoms with Gasteiger partial charge in [-0.1, -0.05) is 6.92 Å². The number of hydrogen-bond donors (Lipinski definition) is 2. The fraction of sp³-hybridized carbons (Fsp3) is 0.938. The predicted octanol–water partition coefficient (Wildman–Crippen LogP) is 1.02. The van der Waals surface area contributed by atoms with Crippen molar-refractivity contribution < 1.29 is 9.53 Å². The Kier molecular flexibility index (Phi) is 4.52. The summed E-state index contributed by atoms with van der Waals surface area (Å²) in [6, 6.07) is 0.475. The zero-order chi connectivity index (χ0) is 14.9. The lowest BCUT2D eigenvalue weighted by Crippen LogP contribution is -2.62. The van der Waals surface area contributed by atoms with Gasteiger partial charge in [0.15, 0.2) is 0 Å². The van der Waals surface area contributed by atoms with E-state index in [1.807, 2.05) is 0 Å². The number of primary amides is 1. The van der Waals surface area contributed by atoms with Gasteiger partial charge in [0.25, 0.3) is 0 Å². The van der Waals surface area contributed by atoms with Crippen molar-refractivity contribution in [3.63, 3.8) is 0 Å². The summed E-state index contributed by atoms with van der Waals surface area (Å²) in [5.74, 6) is -0.170. The topological polar surface area (TPSA) is 67.6 Å². The summed E-state index contributed by atoms with van der Waals surface area (Å²) >= 11 is 0. The number of fused-ring (bicyclic) bond motifs is 2. The minimum absolute atomic E-state index is 0.170. The fourth-order valence-corrected chi connectivity index (χ4v) is 4.34. The monoisotopic (exact) mass is 295 g/mol. The van der Waals surface area contributed by atoms with Crippen LogP contribution < -0.4 is 11.1 Å². The number of likely N-dealkylation sites (tertiary alicyclic amines) is 1. The van der Waals surface area contributed by atoms with Crippen molar-refractivity contribution in [3.8, 4) is 0 Å². The summed E-state index contributed by atoms with van der Waals surface area (Å²) in [7, 11) is 0. The van der Waals surface area contributed by atoms with Crippen LogP contribution in [0.2, 0.25) is 0 Å². The molecule has 0 spiro atoms. The highest BCUT2D eigenvalue weighted by Crippen LogP contribution is 2.35. The molecule has 5 heteroatoms. The Labute approximate surface area is 127 Å². The van der Waals surface area contributed by atoms with E-state index in [9.17, 15) is 4.79 Å². The van der Waals surface area contributed by atoms with Crippen molar-refractivity contribution in [1.29, 1.82) is 0 Å². The van der Waals surface area contributed by atoms with Gasteiger partial charge >= 0.3 is 0 Å². The van der Waals surface area contributed by atoms with Crippen molar-refractivity contribution >= 4 is 5.91 Å². The Morgan fingerprint density at radius 2 is 2.05 bits per heavy atom. The van der Waals surface area contributed by atoms with Gasteiger partial charge in [-0.15, -0.1) is 0 Å². The Morgan fingerprint density at radius 1 is 1.33 bits per heavy atom. The molecular formula is C16H29N3O2. The summed E-state index contributed by atoms with van der Waals surface area (Å²) < 4.78 is 5.93. The highest BCUT2D eigenvalue weighted by Gasteiger charge is 2.44. The van der Waals surface area contributed by atoms with Crippen LogP contribution in [-0.2, 0) is 9.53 Å². The number of nitrogens with one attached hydrogen (secondary N) is 1. The molecule has 2 saturated heterocycles. The van der Waals surface area contributed by atoms with Gasteiger partial charge in [-0.25, -0.2) is 0 Å². The molecule has 3 N–H and O–H groups in total. The molecule has 4 atom stereocenters. The molecule has 0 aromatic heterocycles. The number of rotatable bonds is 5. The molecule has 4 unspecified atom stereocenters. The van der Waals surface area contributed by atoms with Gasteiger partial charge in [0.05, 0.1) is 17.7 Å². The minimum atomic E-state index is -0.490. The fourth-order valence-electron chi connectivity index (χ4n) is 4.34. The van der Waals surface area contributed by atoms with Crippen LogP contribution in [0.3, 0.4) is 0 Å². The average molecular weight is 295 g/mol. The highest BCUT2D eigenvalue weighted by molar-refractivity contribution is 5.84. The van der Waals surface area contributed by atoms with E-state index in [1.54, 1.807) is 0 Å². The van der Waals surface area contributed by atoms with Crippen LogP contribution in [0.15, 0.2) is 0 Å². The first-order valence-electron chi connectivity index (χ1n) is 8.57. The second kappa shape index (κ2) is 6.23. The number of hydrogen-bond acceptors (Lipinski definition) is 4. The molecule has 0 aromatic carbocycles. The molecular weight excluding hydrogens is 266 g/mol. The smallest absolute Gasteiger partial charge is 0.237 e. The summed E-state index contributed by atoms with van der Waals surface area (Å²) in [5, 5.41) is 3.46. The van der Waals surface area contributed by atoms with Crippen LogP contribution >= 0.6 is 0 Å². The molecule has 3 fully saturated rings. The van der Waals surface area contributed by atoms with Crippen LogP contribution in [0, 0.1) is 0 Å². The third kappa shape index (κ3) is 3.10. The molecule has 2 heterocycles. The van der Waals surface area contributed by atoms with E-state index < -0.39 is 5.54 Å². The predicted molar refractivity (Wildman–Crippen MR) is 81.9 cm³/mol. The first kappa shape index (κ1) is 15.3. The zero-order valence-electron chi connectivity index (χ0n) is 13.1. The number of amides is 1. The zero-order valence-corrected chi connectivity index (χ0v) is 13.1. The summed E-state index contributed by atoms with van der Waals surface area (Å²) in [4.78, 5) is 14.6. The molecule has 3 rings (SSSR count). The lowest BCUT2D eigenvalue weighted by atomic mass is 9.77. The maximum absolute atomic E-state index is 12.1. The summed E-state index contributed by atoms with van der Waals surface area (Å²) in [5.41, 5.74) is 5.27. The Bertz CT molecular complexity index is 378. The molecule has 0 aromatic rings. The van der Waals surface area contributed by atoms with E-state index in [1.165, 1.54) is 19.3 Å². The first-order valence-corrected chi connectivity index (χ1v) is 8.57. The number of carbonyl (C=O) groups is 1. The van der Waals surface area contributed by atoms with E-state index in [0.29, 0.717) is 18.2 Å². The maximum Gasteiger partial charge on any atom is 0.237 e. The third-order valence-corrected chi connectivity index (χ3v) is 5.50. The van der Waals surface area contributed by atoms with Gasteiger partial charge in [0, 0.05) is 19.1 Å². The number of ether oxygens (including phenoxy) is 1. The number of nitrogens with zero attached hydrogens (tertiary/aromatic N) is 1. The van der Waals surface area contributed by atoms with E-state index in [0.717, 1.165) is 45.3 Å². The van der Waals surface area contributed by atoms with Gasteiger partial charge in [0.2, 0.25) is 5.91 Å². The molecule has 21 heavy (non-hydrogen) atoms. The lowest BCUT2D eigenvalue weighted by molar-refractivity contribution is -0.127. The Balaban J connectivity index is 1.67. The van der Waals surface area contributed by atoms with Crippen molar-refractivity contribution in [2.24, 2.45) is 5.73 Å². The molecule has 1 aliphatic carbocycles. The second-order valence-electron chi connectivity index (χ2n) is 7.03. The average Bonchev–Trinajstić information content (AvgIpc) is 2.83. The summed E-state index contributed by atoms with van der Waals surface area (Å²) in [6.07, 6.45) is 8.26. The van der Waals surface area contributed by atoms with Crippen LogP contribution in [0.4, 0.5) is 0 Å². The largest absolute Gasteiger partial charge is 0.372 e. The third-order valence-electron chi connectivity index (χ3n) is 5.50. The number of nitrogens with two attached hydrogens (primary N) is 1. The molecule has 0 radical (unpaired) electrons. The molecule has 2 bridgehead atoms. The Hall–Kier alpha value is -0.650. The van der Waals surface area contributed by atoms with Gasteiger partial charge in [0.1, 0.15) is 0 Å². The van der Waals surface area contributed by atoms with Crippen LogP contribution in [0.5, 0.6) is 0 Å². The quantitative estimate of drug-likeness (QED) is 0.794. The maximum atomic E-state index is 12.1. The van der Waals surface area contributed by atoms with Crippen LogP contribution in [-0.4, -0.2) is 54.2 Å². The first-order chi connectivity index (χ1) is 10.1.